The Labute approximate surface area is 170 Å². The normalized spacial score (nSPS) is 53.7. The Bertz CT molecular complexity index is 850. The van der Waals surface area contributed by atoms with Crippen LogP contribution < -0.4 is 0 Å². The van der Waals surface area contributed by atoms with Gasteiger partial charge in [-0.15, -0.1) is 0 Å². The minimum Gasteiger partial charge on any atom is -0.390 e. The lowest BCUT2D eigenvalue weighted by Gasteiger charge is -2.67. The highest BCUT2D eigenvalue weighted by Gasteiger charge is 2.79. The third kappa shape index (κ3) is 2.06. The van der Waals surface area contributed by atoms with Crippen LogP contribution in [0.3, 0.4) is 0 Å². The van der Waals surface area contributed by atoms with E-state index in [-0.39, 0.29) is 18.1 Å². The Balaban J connectivity index is 1.90. The average Bonchev–Trinajstić information content (AvgIpc) is 2.87. The SMILES string of the molecule is C[C@@H]1C[C@H]2[C@]3(C)CCC4=CC(=O)C=C[C@]4(C)[C@@]3(F)[C@@H](O)C[C@]2(C)[C@@]1(O)C(=O)CO. The predicted molar refractivity (Wildman–Crippen MR) is 105 cm³/mol. The lowest BCUT2D eigenvalue weighted by Crippen LogP contribution is -2.73. The lowest BCUT2D eigenvalue weighted by atomic mass is 9.39. The Morgan fingerprint density at radius 2 is 1.93 bits per heavy atom. The monoisotopic (exact) mass is 406 g/mol. The molecule has 3 fully saturated rings. The average molecular weight is 406 g/mol. The molecule has 3 saturated carbocycles. The van der Waals surface area contributed by atoms with Crippen molar-refractivity contribution in [1.82, 2.24) is 0 Å². The zero-order valence-corrected chi connectivity index (χ0v) is 17.5. The molecule has 0 aromatic heterocycles. The Hall–Kier alpha value is -1.37. The summed E-state index contributed by atoms with van der Waals surface area (Å²) in [4.78, 5) is 24.6. The molecule has 4 aliphatic carbocycles. The Morgan fingerprint density at radius 3 is 2.55 bits per heavy atom. The van der Waals surface area contributed by atoms with Crippen molar-refractivity contribution in [3.05, 3.63) is 23.8 Å². The van der Waals surface area contributed by atoms with Gasteiger partial charge < -0.3 is 15.3 Å². The van der Waals surface area contributed by atoms with Crippen molar-refractivity contribution < 1.29 is 29.3 Å². The van der Waals surface area contributed by atoms with Crippen LogP contribution in [0.15, 0.2) is 23.8 Å². The molecule has 29 heavy (non-hydrogen) atoms. The maximum atomic E-state index is 17.2. The molecule has 4 rings (SSSR count). The number of rotatable bonds is 2. The molecule has 5 nitrogen and oxygen atoms in total. The number of hydrogen-bond acceptors (Lipinski definition) is 5. The van der Waals surface area contributed by atoms with Crippen LogP contribution in [0.2, 0.25) is 0 Å². The van der Waals surface area contributed by atoms with Crippen LogP contribution in [-0.2, 0) is 9.59 Å². The molecule has 0 aromatic rings. The molecule has 6 heteroatoms. The molecule has 0 radical (unpaired) electrons. The van der Waals surface area contributed by atoms with Crippen molar-refractivity contribution in [1.29, 1.82) is 0 Å². The van der Waals surface area contributed by atoms with E-state index in [0.717, 1.165) is 0 Å². The largest absolute Gasteiger partial charge is 0.390 e. The number of alkyl halides is 1. The number of fused-ring (bicyclic) bond motifs is 5. The molecule has 3 N–H and O–H groups in total. The fourth-order valence-electron chi connectivity index (χ4n) is 7.87. The first kappa shape index (κ1) is 20.9. The van der Waals surface area contributed by atoms with E-state index in [1.54, 1.807) is 26.8 Å². The number of Topliss-reactive ketones (excluding diaryl/α,β-unsaturated/α-hetero) is 1. The summed E-state index contributed by atoms with van der Waals surface area (Å²) in [5.41, 5.74) is -6.35. The number of ketones is 2. The maximum Gasteiger partial charge on any atom is 0.190 e. The van der Waals surface area contributed by atoms with Crippen molar-refractivity contribution in [2.24, 2.45) is 28.1 Å². The van der Waals surface area contributed by atoms with Crippen LogP contribution in [0.25, 0.3) is 0 Å². The van der Waals surface area contributed by atoms with Gasteiger partial charge in [-0.25, -0.2) is 4.39 Å². The van der Waals surface area contributed by atoms with Crippen LogP contribution in [0, 0.1) is 28.1 Å². The van der Waals surface area contributed by atoms with Gasteiger partial charge >= 0.3 is 0 Å². The maximum absolute atomic E-state index is 17.2. The fraction of sp³-hybridized carbons (Fsp3) is 0.739. The quantitative estimate of drug-likeness (QED) is 0.654. The van der Waals surface area contributed by atoms with Gasteiger partial charge in [-0.3, -0.25) is 9.59 Å². The van der Waals surface area contributed by atoms with Crippen LogP contribution in [0.1, 0.15) is 53.4 Å². The number of aliphatic hydroxyl groups excluding tert-OH is 2. The first-order valence-corrected chi connectivity index (χ1v) is 10.5. The number of carbonyl (C=O) groups is 2. The summed E-state index contributed by atoms with van der Waals surface area (Å²) in [6, 6.07) is 0. The highest BCUT2D eigenvalue weighted by molar-refractivity contribution is 6.01. The molecule has 8 atom stereocenters. The van der Waals surface area contributed by atoms with Crippen LogP contribution in [0.4, 0.5) is 4.39 Å². The predicted octanol–water partition coefficient (Wildman–Crippen LogP) is 2.29. The molecule has 0 heterocycles. The first-order chi connectivity index (χ1) is 13.3. The Kier molecular flexibility index (Phi) is 4.22. The van der Waals surface area contributed by atoms with E-state index in [2.05, 4.69) is 0 Å². The minimum absolute atomic E-state index is 0.0823. The summed E-state index contributed by atoms with van der Waals surface area (Å²) in [5.74, 6) is -1.65. The van der Waals surface area contributed by atoms with Gasteiger partial charge in [-0.2, -0.15) is 0 Å². The van der Waals surface area contributed by atoms with Crippen molar-refractivity contribution >= 4 is 11.6 Å². The van der Waals surface area contributed by atoms with Gasteiger partial charge in [0.2, 0.25) is 0 Å². The van der Waals surface area contributed by atoms with Crippen molar-refractivity contribution in [2.45, 2.75) is 70.8 Å². The van der Waals surface area contributed by atoms with Gasteiger partial charge in [-0.05, 0) is 56.6 Å². The highest BCUT2D eigenvalue weighted by Crippen LogP contribution is 2.75. The van der Waals surface area contributed by atoms with Gasteiger partial charge in [0.25, 0.3) is 0 Å². The second-order valence-corrected chi connectivity index (χ2v) is 10.4. The molecule has 0 aromatic carbocycles. The summed E-state index contributed by atoms with van der Waals surface area (Å²) < 4.78 is 17.2. The zero-order valence-electron chi connectivity index (χ0n) is 17.5. The summed E-state index contributed by atoms with van der Waals surface area (Å²) in [6.45, 7) is 6.31. The second-order valence-electron chi connectivity index (χ2n) is 10.4. The number of allylic oxidation sites excluding steroid dienone is 4. The lowest BCUT2D eigenvalue weighted by molar-refractivity contribution is -0.255. The molecule has 0 saturated heterocycles. The van der Waals surface area contributed by atoms with E-state index in [1.165, 1.54) is 12.2 Å². The topological polar surface area (TPSA) is 94.8 Å². The van der Waals surface area contributed by atoms with E-state index in [9.17, 15) is 24.9 Å². The van der Waals surface area contributed by atoms with E-state index in [1.807, 2.05) is 6.92 Å². The molecule has 4 aliphatic rings. The van der Waals surface area contributed by atoms with Crippen LogP contribution >= 0.6 is 0 Å². The molecule has 0 bridgehead atoms. The number of aliphatic hydroxyl groups is 3. The number of hydrogen-bond donors (Lipinski definition) is 3. The van der Waals surface area contributed by atoms with E-state index < -0.39 is 51.9 Å². The molecule has 0 spiro atoms. The van der Waals surface area contributed by atoms with Crippen molar-refractivity contribution in [3.8, 4) is 0 Å². The minimum atomic E-state index is -2.04. The van der Waals surface area contributed by atoms with Crippen molar-refractivity contribution in [2.75, 3.05) is 6.61 Å². The fourth-order valence-corrected chi connectivity index (χ4v) is 7.87. The van der Waals surface area contributed by atoms with Crippen molar-refractivity contribution in [3.63, 3.8) is 0 Å². The highest BCUT2D eigenvalue weighted by atomic mass is 19.1. The van der Waals surface area contributed by atoms with E-state index >= 15 is 4.39 Å². The molecular weight excluding hydrogens is 375 g/mol. The molecular formula is C23H31FO5. The second kappa shape index (κ2) is 5.86. The molecule has 0 unspecified atom stereocenters. The molecule has 160 valence electrons. The third-order valence-corrected chi connectivity index (χ3v) is 9.42. The van der Waals surface area contributed by atoms with Crippen LogP contribution in [0.5, 0.6) is 0 Å². The smallest absolute Gasteiger partial charge is 0.190 e. The van der Waals surface area contributed by atoms with E-state index in [0.29, 0.717) is 24.8 Å². The standard InChI is InChI=1S/C23H31FO5/c1-13-9-16-20(3)7-5-14-10-15(26)6-8-19(14,2)23(20,24)17(27)11-21(16,4)22(13,29)18(28)12-25/h6,8,10,13,16-17,25,27,29H,5,7,9,11-12H2,1-4H3/t13-,16+,17+,19+,20+,21+,22+,23+/m1/s1. The number of carbonyl (C=O) groups excluding carboxylic acids is 2. The van der Waals surface area contributed by atoms with Crippen LogP contribution in [-0.4, -0.2) is 50.9 Å². The summed E-state index contributed by atoms with van der Waals surface area (Å²) >= 11 is 0. The van der Waals surface area contributed by atoms with Gasteiger partial charge in [-0.1, -0.05) is 32.4 Å². The van der Waals surface area contributed by atoms with Gasteiger partial charge in [0.15, 0.2) is 17.2 Å². The van der Waals surface area contributed by atoms with E-state index in [4.69, 9.17) is 0 Å². The van der Waals surface area contributed by atoms with Gasteiger partial charge in [0, 0.05) is 16.2 Å². The summed E-state index contributed by atoms with van der Waals surface area (Å²) in [6.07, 6.45) is 4.33. The summed E-state index contributed by atoms with van der Waals surface area (Å²) in [7, 11) is 0. The number of halogens is 1. The molecule has 0 aliphatic heterocycles. The zero-order chi connectivity index (χ0) is 21.6. The molecule has 0 amide bonds. The Morgan fingerprint density at radius 1 is 1.28 bits per heavy atom. The van der Waals surface area contributed by atoms with Gasteiger partial charge in [0.05, 0.1) is 6.10 Å². The van der Waals surface area contributed by atoms with Gasteiger partial charge in [0.1, 0.15) is 12.2 Å². The summed E-state index contributed by atoms with van der Waals surface area (Å²) in [5, 5.41) is 32.3. The third-order valence-electron chi connectivity index (χ3n) is 9.42. The first-order valence-electron chi connectivity index (χ1n) is 10.5.